The van der Waals surface area contributed by atoms with Crippen molar-refractivity contribution in [2.75, 3.05) is 14.2 Å². The highest BCUT2D eigenvalue weighted by Crippen LogP contribution is 2.19. The summed E-state index contributed by atoms with van der Waals surface area (Å²) < 4.78 is 11.8. The van der Waals surface area contributed by atoms with Crippen molar-refractivity contribution in [1.82, 2.24) is 9.47 Å². The number of ether oxygens (including phenoxy) is 1. The third-order valence-electron chi connectivity index (χ3n) is 3.89. The summed E-state index contributed by atoms with van der Waals surface area (Å²) >= 11 is 0. The number of hydrogen-bond acceptors (Lipinski definition) is 4. The maximum atomic E-state index is 12.5. The summed E-state index contributed by atoms with van der Waals surface area (Å²) in [4.78, 5) is 26.0. The summed E-state index contributed by atoms with van der Waals surface area (Å²) in [6.07, 6.45) is 0. The predicted molar refractivity (Wildman–Crippen MR) is 89.9 cm³/mol. The van der Waals surface area contributed by atoms with Gasteiger partial charge in [0.05, 0.1) is 12.6 Å². The zero-order chi connectivity index (χ0) is 17.1. The van der Waals surface area contributed by atoms with Crippen LogP contribution in [0.2, 0.25) is 0 Å². The molecule has 0 bridgehead atoms. The second kappa shape index (κ2) is 6.62. The average molecular weight is 326 g/mol. The molecule has 6 nitrogen and oxygen atoms in total. The van der Waals surface area contributed by atoms with Crippen LogP contribution in [-0.2, 0) is 17.9 Å². The summed E-state index contributed by atoms with van der Waals surface area (Å²) in [5.74, 6) is 0.00730. The first-order valence-electron chi connectivity index (χ1n) is 7.54. The largest absolute Gasteiger partial charge is 0.496 e. The zero-order valence-corrected chi connectivity index (χ0v) is 13.6. The molecule has 124 valence electrons. The lowest BCUT2D eigenvalue weighted by Crippen LogP contribution is -2.32. The van der Waals surface area contributed by atoms with Crippen molar-refractivity contribution in [3.63, 3.8) is 0 Å². The van der Waals surface area contributed by atoms with Crippen LogP contribution in [0.25, 0.3) is 11.1 Å². The normalized spacial score (nSPS) is 10.8. The molecule has 0 aliphatic rings. The molecule has 1 heterocycles. The van der Waals surface area contributed by atoms with Gasteiger partial charge in [0, 0.05) is 19.2 Å². The van der Waals surface area contributed by atoms with Gasteiger partial charge in [-0.15, -0.1) is 0 Å². The third kappa shape index (κ3) is 3.03. The van der Waals surface area contributed by atoms with Crippen molar-refractivity contribution < 1.29 is 13.9 Å². The van der Waals surface area contributed by atoms with Crippen molar-refractivity contribution in [3.05, 3.63) is 64.6 Å². The number of carbonyl (C=O) groups is 1. The molecule has 0 radical (unpaired) electrons. The van der Waals surface area contributed by atoms with Gasteiger partial charge in [-0.3, -0.25) is 9.36 Å². The lowest BCUT2D eigenvalue weighted by molar-refractivity contribution is -0.131. The maximum absolute atomic E-state index is 12.5. The van der Waals surface area contributed by atoms with Crippen LogP contribution in [0.1, 0.15) is 5.56 Å². The molecular formula is C18H18N2O4. The number of amides is 1. The standard InChI is InChI=1S/C18H18N2O4/c1-19(11-13-7-3-5-9-15(13)23-2)17(21)12-20-14-8-4-6-10-16(14)24-18(20)22/h3-10H,11-12H2,1-2H3. The quantitative estimate of drug-likeness (QED) is 0.721. The Balaban J connectivity index is 1.79. The monoisotopic (exact) mass is 326 g/mol. The lowest BCUT2D eigenvalue weighted by atomic mass is 10.2. The number of benzene rings is 2. The Morgan fingerprint density at radius 3 is 2.67 bits per heavy atom. The van der Waals surface area contributed by atoms with E-state index in [-0.39, 0.29) is 12.5 Å². The van der Waals surface area contributed by atoms with Gasteiger partial charge in [0.1, 0.15) is 12.3 Å². The summed E-state index contributed by atoms with van der Waals surface area (Å²) in [7, 11) is 3.29. The SMILES string of the molecule is COc1ccccc1CN(C)C(=O)Cn1c(=O)oc2ccccc21. The van der Waals surface area contributed by atoms with Crippen LogP contribution in [0.5, 0.6) is 5.75 Å². The molecule has 0 atom stereocenters. The molecule has 24 heavy (non-hydrogen) atoms. The zero-order valence-electron chi connectivity index (χ0n) is 13.6. The molecule has 0 fully saturated rings. The molecular weight excluding hydrogens is 308 g/mol. The highest BCUT2D eigenvalue weighted by atomic mass is 16.5. The van der Waals surface area contributed by atoms with Gasteiger partial charge < -0.3 is 14.1 Å². The van der Waals surface area contributed by atoms with Gasteiger partial charge >= 0.3 is 5.76 Å². The van der Waals surface area contributed by atoms with Gasteiger partial charge in [0.25, 0.3) is 0 Å². The molecule has 2 aromatic carbocycles. The van der Waals surface area contributed by atoms with Crippen LogP contribution in [-0.4, -0.2) is 29.5 Å². The van der Waals surface area contributed by atoms with Gasteiger partial charge in [-0.25, -0.2) is 4.79 Å². The highest BCUT2D eigenvalue weighted by molar-refractivity contribution is 5.79. The fraction of sp³-hybridized carbons (Fsp3) is 0.222. The Morgan fingerprint density at radius 1 is 1.17 bits per heavy atom. The van der Waals surface area contributed by atoms with Crippen molar-refractivity contribution in [1.29, 1.82) is 0 Å². The van der Waals surface area contributed by atoms with Gasteiger partial charge in [0.2, 0.25) is 5.91 Å². The molecule has 0 unspecified atom stereocenters. The van der Waals surface area contributed by atoms with Crippen LogP contribution < -0.4 is 10.5 Å². The van der Waals surface area contributed by atoms with E-state index in [2.05, 4.69) is 0 Å². The van der Waals surface area contributed by atoms with E-state index in [0.717, 1.165) is 11.3 Å². The van der Waals surface area contributed by atoms with Crippen LogP contribution in [0.4, 0.5) is 0 Å². The van der Waals surface area contributed by atoms with E-state index < -0.39 is 5.76 Å². The molecule has 0 spiro atoms. The van der Waals surface area contributed by atoms with Crippen molar-refractivity contribution >= 4 is 17.0 Å². The van der Waals surface area contributed by atoms with Crippen molar-refractivity contribution in [2.24, 2.45) is 0 Å². The predicted octanol–water partition coefficient (Wildman–Crippen LogP) is 2.26. The summed E-state index contributed by atoms with van der Waals surface area (Å²) in [6.45, 7) is 0.328. The Bertz CT molecular complexity index is 926. The summed E-state index contributed by atoms with van der Waals surface area (Å²) in [5.41, 5.74) is 1.99. The molecule has 1 amide bonds. The number of para-hydroxylation sites is 3. The maximum Gasteiger partial charge on any atom is 0.420 e. The minimum atomic E-state index is -0.532. The summed E-state index contributed by atoms with van der Waals surface area (Å²) in [5, 5.41) is 0. The van der Waals surface area contributed by atoms with E-state index >= 15 is 0 Å². The molecule has 0 aliphatic heterocycles. The molecule has 0 N–H and O–H groups in total. The molecule has 3 rings (SSSR count). The first-order chi connectivity index (χ1) is 11.6. The minimum absolute atomic E-state index is 0.0680. The van der Waals surface area contributed by atoms with E-state index in [1.165, 1.54) is 4.57 Å². The van der Waals surface area contributed by atoms with Crippen LogP contribution >= 0.6 is 0 Å². The van der Waals surface area contributed by atoms with E-state index in [4.69, 9.17) is 9.15 Å². The molecule has 0 saturated heterocycles. The number of carbonyl (C=O) groups excluding carboxylic acids is 1. The number of nitrogens with zero attached hydrogens (tertiary/aromatic N) is 2. The summed E-state index contributed by atoms with van der Waals surface area (Å²) in [6, 6.07) is 14.6. The Kier molecular flexibility index (Phi) is 4.37. The van der Waals surface area contributed by atoms with E-state index in [1.54, 1.807) is 43.3 Å². The molecule has 0 aliphatic carbocycles. The Hall–Kier alpha value is -3.02. The van der Waals surface area contributed by atoms with E-state index in [9.17, 15) is 9.59 Å². The number of rotatable bonds is 5. The Morgan fingerprint density at radius 2 is 1.88 bits per heavy atom. The average Bonchev–Trinajstić information content (AvgIpc) is 2.91. The second-order valence-electron chi connectivity index (χ2n) is 5.48. The van der Waals surface area contributed by atoms with Crippen LogP contribution in [0.3, 0.4) is 0 Å². The first-order valence-corrected chi connectivity index (χ1v) is 7.54. The second-order valence-corrected chi connectivity index (χ2v) is 5.48. The van der Waals surface area contributed by atoms with E-state index in [1.807, 2.05) is 24.3 Å². The number of aromatic nitrogens is 1. The van der Waals surface area contributed by atoms with Gasteiger partial charge in [-0.2, -0.15) is 0 Å². The van der Waals surface area contributed by atoms with Crippen molar-refractivity contribution in [2.45, 2.75) is 13.1 Å². The third-order valence-corrected chi connectivity index (χ3v) is 3.89. The minimum Gasteiger partial charge on any atom is -0.496 e. The highest BCUT2D eigenvalue weighted by Gasteiger charge is 2.16. The fourth-order valence-corrected chi connectivity index (χ4v) is 2.60. The number of oxazole rings is 1. The Labute approximate surface area is 138 Å². The first kappa shape index (κ1) is 15.9. The fourth-order valence-electron chi connectivity index (χ4n) is 2.60. The van der Waals surface area contributed by atoms with Crippen LogP contribution in [0, 0.1) is 0 Å². The number of fused-ring (bicyclic) bond motifs is 1. The molecule has 0 saturated carbocycles. The van der Waals surface area contributed by atoms with Crippen molar-refractivity contribution in [3.8, 4) is 5.75 Å². The topological polar surface area (TPSA) is 64.7 Å². The number of likely N-dealkylation sites (N-methyl/N-ethyl adjacent to an activating group) is 1. The smallest absolute Gasteiger partial charge is 0.420 e. The molecule has 6 heteroatoms. The van der Waals surface area contributed by atoms with E-state index in [0.29, 0.717) is 17.6 Å². The molecule has 1 aromatic heterocycles. The number of methoxy groups -OCH3 is 1. The van der Waals surface area contributed by atoms with Gasteiger partial charge in [-0.05, 0) is 18.2 Å². The van der Waals surface area contributed by atoms with Crippen LogP contribution in [0.15, 0.2) is 57.7 Å². The molecule has 3 aromatic rings. The lowest BCUT2D eigenvalue weighted by Gasteiger charge is -2.19. The number of hydrogen-bond donors (Lipinski definition) is 0. The van der Waals surface area contributed by atoms with Gasteiger partial charge in [-0.1, -0.05) is 30.3 Å². The van der Waals surface area contributed by atoms with Gasteiger partial charge in [0.15, 0.2) is 5.58 Å².